The van der Waals surface area contributed by atoms with Gasteiger partial charge in [-0.15, -0.1) is 6.58 Å². The van der Waals surface area contributed by atoms with Gasteiger partial charge in [0.15, 0.2) is 0 Å². The maximum absolute atomic E-state index is 13.4. The van der Waals surface area contributed by atoms with Crippen LogP contribution in [0.5, 0.6) is 11.5 Å². The lowest BCUT2D eigenvalue weighted by Crippen LogP contribution is -2.13. The van der Waals surface area contributed by atoms with E-state index in [0.717, 1.165) is 30.7 Å². The van der Waals surface area contributed by atoms with E-state index in [1.54, 1.807) is 12.1 Å². The van der Waals surface area contributed by atoms with Crippen molar-refractivity contribution < 1.29 is 13.5 Å². The van der Waals surface area contributed by atoms with Gasteiger partial charge in [-0.2, -0.15) is 0 Å². The van der Waals surface area contributed by atoms with Crippen molar-refractivity contribution in [3.8, 4) is 11.5 Å². The van der Waals surface area contributed by atoms with Gasteiger partial charge in [0.1, 0.15) is 11.5 Å². The van der Waals surface area contributed by atoms with Crippen molar-refractivity contribution in [2.24, 2.45) is 5.92 Å². The zero-order valence-corrected chi connectivity index (χ0v) is 17.4. The fourth-order valence-electron chi connectivity index (χ4n) is 4.36. The van der Waals surface area contributed by atoms with E-state index in [1.807, 2.05) is 18.2 Å². The summed E-state index contributed by atoms with van der Waals surface area (Å²) in [5, 5.41) is 0. The van der Waals surface area contributed by atoms with Gasteiger partial charge in [0.25, 0.3) is 6.43 Å². The van der Waals surface area contributed by atoms with E-state index in [1.165, 1.54) is 43.7 Å². The SMILES string of the molecule is C=CCCC1CCC(c2ccc(Oc3cc(CCC)ccc3C(F)F)cc2)CC1. The van der Waals surface area contributed by atoms with Gasteiger partial charge >= 0.3 is 0 Å². The summed E-state index contributed by atoms with van der Waals surface area (Å²) in [6.45, 7) is 5.90. The second kappa shape index (κ2) is 10.6. The number of hydrogen-bond acceptors (Lipinski definition) is 1. The smallest absolute Gasteiger partial charge is 0.267 e. The van der Waals surface area contributed by atoms with Gasteiger partial charge in [-0.25, -0.2) is 8.78 Å². The largest absolute Gasteiger partial charge is 0.457 e. The molecule has 1 nitrogen and oxygen atoms in total. The third-order valence-electron chi connectivity index (χ3n) is 6.06. The van der Waals surface area contributed by atoms with Gasteiger partial charge in [0.2, 0.25) is 0 Å². The van der Waals surface area contributed by atoms with E-state index in [0.29, 0.717) is 11.7 Å². The Hall–Kier alpha value is -2.16. The maximum Gasteiger partial charge on any atom is 0.267 e. The lowest BCUT2D eigenvalue weighted by Gasteiger charge is -2.28. The van der Waals surface area contributed by atoms with Gasteiger partial charge < -0.3 is 4.74 Å². The van der Waals surface area contributed by atoms with Crippen LogP contribution in [0.3, 0.4) is 0 Å². The Bertz CT molecular complexity index is 774. The van der Waals surface area contributed by atoms with Crippen LogP contribution in [-0.4, -0.2) is 0 Å². The molecule has 0 atom stereocenters. The zero-order valence-electron chi connectivity index (χ0n) is 17.4. The third kappa shape index (κ3) is 5.91. The molecule has 156 valence electrons. The summed E-state index contributed by atoms with van der Waals surface area (Å²) in [5.41, 5.74) is 2.30. The molecular weight excluding hydrogens is 366 g/mol. The van der Waals surface area contributed by atoms with Gasteiger partial charge in [0.05, 0.1) is 5.56 Å². The second-order valence-electron chi connectivity index (χ2n) is 8.18. The highest BCUT2D eigenvalue weighted by atomic mass is 19.3. The highest BCUT2D eigenvalue weighted by Gasteiger charge is 2.22. The number of hydrogen-bond donors (Lipinski definition) is 0. The molecule has 1 saturated carbocycles. The number of allylic oxidation sites excluding steroid dienone is 1. The molecule has 0 heterocycles. The molecule has 3 rings (SSSR count). The fraction of sp³-hybridized carbons (Fsp3) is 0.462. The van der Waals surface area contributed by atoms with Gasteiger partial charge in [-0.05, 0) is 92.2 Å². The quantitative estimate of drug-likeness (QED) is 0.384. The Kier molecular flexibility index (Phi) is 7.85. The molecule has 0 spiro atoms. The Labute approximate surface area is 173 Å². The fourth-order valence-corrected chi connectivity index (χ4v) is 4.36. The summed E-state index contributed by atoms with van der Waals surface area (Å²) in [7, 11) is 0. The molecule has 0 aliphatic heterocycles. The molecule has 0 radical (unpaired) electrons. The van der Waals surface area contributed by atoms with Crippen LogP contribution in [0.1, 0.15) is 80.9 Å². The first kappa shape index (κ1) is 21.5. The standard InChI is InChI=1S/C26H32F2O/c1-3-5-7-19-8-11-21(12-9-19)22-13-15-23(16-14-22)29-25-18-20(6-4-2)10-17-24(25)26(27)28/h3,10,13-19,21,26H,1,4-9,11-12H2,2H3. The van der Waals surface area contributed by atoms with Crippen LogP contribution in [0, 0.1) is 5.92 Å². The molecule has 29 heavy (non-hydrogen) atoms. The Morgan fingerprint density at radius 2 is 1.79 bits per heavy atom. The van der Waals surface area contributed by atoms with E-state index in [2.05, 4.69) is 25.6 Å². The van der Waals surface area contributed by atoms with Crippen LogP contribution in [0.4, 0.5) is 8.78 Å². The third-order valence-corrected chi connectivity index (χ3v) is 6.06. The minimum Gasteiger partial charge on any atom is -0.457 e. The molecular formula is C26H32F2O. The van der Waals surface area contributed by atoms with Crippen LogP contribution < -0.4 is 4.74 Å². The summed E-state index contributed by atoms with van der Waals surface area (Å²) in [6.07, 6.45) is 8.66. The molecule has 0 unspecified atom stereocenters. The van der Waals surface area contributed by atoms with Gasteiger partial charge in [-0.1, -0.05) is 37.6 Å². The second-order valence-corrected chi connectivity index (χ2v) is 8.18. The average molecular weight is 399 g/mol. The van der Waals surface area contributed by atoms with Crippen LogP contribution in [-0.2, 0) is 6.42 Å². The average Bonchev–Trinajstić information content (AvgIpc) is 2.73. The summed E-state index contributed by atoms with van der Waals surface area (Å²) in [6, 6.07) is 13.0. The predicted molar refractivity (Wildman–Crippen MR) is 116 cm³/mol. The molecule has 0 amide bonds. The van der Waals surface area contributed by atoms with Crippen molar-refractivity contribution in [2.45, 2.75) is 70.6 Å². The molecule has 0 saturated heterocycles. The summed E-state index contributed by atoms with van der Waals surface area (Å²) < 4.78 is 32.6. The van der Waals surface area contributed by atoms with Crippen molar-refractivity contribution in [1.82, 2.24) is 0 Å². The molecule has 0 N–H and O–H groups in total. The Morgan fingerprint density at radius 3 is 2.41 bits per heavy atom. The van der Waals surface area contributed by atoms with Crippen LogP contribution in [0.15, 0.2) is 55.1 Å². The number of ether oxygens (including phenoxy) is 1. The van der Waals surface area contributed by atoms with Crippen molar-refractivity contribution in [2.75, 3.05) is 0 Å². The van der Waals surface area contributed by atoms with E-state index >= 15 is 0 Å². The number of halogens is 2. The van der Waals surface area contributed by atoms with Crippen molar-refractivity contribution >= 4 is 0 Å². The molecule has 1 fully saturated rings. The molecule has 0 bridgehead atoms. The minimum atomic E-state index is -2.55. The summed E-state index contributed by atoms with van der Waals surface area (Å²) in [4.78, 5) is 0. The lowest BCUT2D eigenvalue weighted by atomic mass is 9.77. The van der Waals surface area contributed by atoms with Gasteiger partial charge in [-0.3, -0.25) is 0 Å². The predicted octanol–water partition coefficient (Wildman–Crippen LogP) is 8.61. The van der Waals surface area contributed by atoms with E-state index in [9.17, 15) is 8.78 Å². The van der Waals surface area contributed by atoms with Crippen LogP contribution in [0.25, 0.3) is 0 Å². The van der Waals surface area contributed by atoms with E-state index in [4.69, 9.17) is 4.74 Å². The van der Waals surface area contributed by atoms with Crippen LogP contribution >= 0.6 is 0 Å². The highest BCUT2D eigenvalue weighted by Crippen LogP contribution is 2.39. The number of alkyl halides is 2. The highest BCUT2D eigenvalue weighted by molar-refractivity contribution is 5.42. The van der Waals surface area contributed by atoms with Crippen molar-refractivity contribution in [3.63, 3.8) is 0 Å². The van der Waals surface area contributed by atoms with E-state index < -0.39 is 6.43 Å². The molecule has 0 aromatic heterocycles. The first-order valence-corrected chi connectivity index (χ1v) is 10.9. The first-order chi connectivity index (χ1) is 14.1. The number of rotatable bonds is 9. The Balaban J connectivity index is 1.65. The molecule has 1 aliphatic carbocycles. The molecule has 1 aliphatic rings. The number of benzene rings is 2. The maximum atomic E-state index is 13.4. The van der Waals surface area contributed by atoms with Crippen LogP contribution in [0.2, 0.25) is 0 Å². The number of aryl methyl sites for hydroxylation is 1. The first-order valence-electron chi connectivity index (χ1n) is 10.9. The van der Waals surface area contributed by atoms with Crippen molar-refractivity contribution in [1.29, 1.82) is 0 Å². The topological polar surface area (TPSA) is 9.23 Å². The van der Waals surface area contributed by atoms with Crippen molar-refractivity contribution in [3.05, 3.63) is 71.8 Å². The monoisotopic (exact) mass is 398 g/mol. The lowest BCUT2D eigenvalue weighted by molar-refractivity contribution is 0.148. The van der Waals surface area contributed by atoms with E-state index in [-0.39, 0.29) is 11.3 Å². The Morgan fingerprint density at radius 1 is 1.07 bits per heavy atom. The zero-order chi connectivity index (χ0) is 20.6. The molecule has 2 aromatic carbocycles. The molecule has 2 aromatic rings. The minimum absolute atomic E-state index is 0.0493. The summed E-state index contributed by atoms with van der Waals surface area (Å²) in [5.74, 6) is 2.30. The normalized spacial score (nSPS) is 19.3. The van der Waals surface area contributed by atoms with Gasteiger partial charge in [0, 0.05) is 0 Å². The summed E-state index contributed by atoms with van der Waals surface area (Å²) >= 11 is 0. The molecule has 3 heteroatoms.